The second-order valence-electron chi connectivity index (χ2n) is 0.987. The van der Waals surface area contributed by atoms with Gasteiger partial charge in [-0.05, 0) is 17.6 Å². The van der Waals surface area contributed by atoms with Crippen LogP contribution in [-0.2, 0) is 0 Å². The van der Waals surface area contributed by atoms with Gasteiger partial charge in [0.05, 0.1) is 11.1 Å². The fourth-order valence-electron chi connectivity index (χ4n) is 0.265. The molecule has 0 saturated heterocycles. The molecule has 3 heteroatoms. The Morgan fingerprint density at radius 3 is 3.00 bits per heavy atom. The SMILES string of the molecule is S=[C]c1ccsn1. The van der Waals surface area contributed by atoms with Crippen molar-refractivity contribution in [2.45, 2.75) is 0 Å². The molecule has 0 aromatic carbocycles. The summed E-state index contributed by atoms with van der Waals surface area (Å²) in [6, 6.07) is 1.83. The summed E-state index contributed by atoms with van der Waals surface area (Å²) >= 11 is 5.85. The smallest absolute Gasteiger partial charge is 0.0964 e. The van der Waals surface area contributed by atoms with E-state index in [0.29, 0.717) is 0 Å². The zero-order valence-electron chi connectivity index (χ0n) is 3.42. The lowest BCUT2D eigenvalue weighted by Crippen LogP contribution is -1.69. The van der Waals surface area contributed by atoms with Crippen molar-refractivity contribution in [3.63, 3.8) is 0 Å². The minimum Gasteiger partial charge on any atom is -0.192 e. The van der Waals surface area contributed by atoms with Crippen molar-refractivity contribution in [1.82, 2.24) is 4.37 Å². The molecular weight excluding hydrogens is 126 g/mol. The van der Waals surface area contributed by atoms with Gasteiger partial charge in [0.2, 0.25) is 0 Å². The molecule has 1 radical (unpaired) electrons. The Morgan fingerprint density at radius 1 is 1.86 bits per heavy atom. The lowest BCUT2D eigenvalue weighted by molar-refractivity contribution is 1.55. The molecule has 1 aromatic heterocycles. The minimum absolute atomic E-state index is 0.764. The second kappa shape index (κ2) is 2.14. The van der Waals surface area contributed by atoms with E-state index in [-0.39, 0.29) is 0 Å². The average Bonchev–Trinajstić information content (AvgIpc) is 2.14. The minimum atomic E-state index is 0.764. The van der Waals surface area contributed by atoms with Crippen molar-refractivity contribution < 1.29 is 0 Å². The predicted molar refractivity (Wildman–Crippen MR) is 33.8 cm³/mol. The molecule has 0 aliphatic heterocycles. The van der Waals surface area contributed by atoms with E-state index in [1.807, 2.05) is 11.4 Å². The van der Waals surface area contributed by atoms with Crippen LogP contribution in [0.1, 0.15) is 5.69 Å². The maximum atomic E-state index is 4.47. The van der Waals surface area contributed by atoms with E-state index < -0.39 is 0 Å². The maximum absolute atomic E-state index is 4.47. The van der Waals surface area contributed by atoms with Gasteiger partial charge in [-0.25, -0.2) is 0 Å². The molecule has 0 atom stereocenters. The number of hydrogen-bond donors (Lipinski definition) is 0. The molecule has 1 nitrogen and oxygen atoms in total. The highest BCUT2D eigenvalue weighted by atomic mass is 32.1. The Hall–Kier alpha value is -0.280. The van der Waals surface area contributed by atoms with Gasteiger partial charge < -0.3 is 0 Å². The Morgan fingerprint density at radius 2 is 2.71 bits per heavy atom. The second-order valence-corrected chi connectivity index (χ2v) is 1.86. The van der Waals surface area contributed by atoms with Crippen molar-refractivity contribution in [2.24, 2.45) is 0 Å². The first-order valence-corrected chi connectivity index (χ1v) is 2.96. The van der Waals surface area contributed by atoms with Gasteiger partial charge in [0, 0.05) is 5.38 Å². The van der Waals surface area contributed by atoms with Crippen molar-refractivity contribution in [2.75, 3.05) is 0 Å². The van der Waals surface area contributed by atoms with Crippen LogP contribution in [0.3, 0.4) is 0 Å². The molecule has 0 amide bonds. The highest BCUT2D eigenvalue weighted by Crippen LogP contribution is 1.94. The third-order valence-electron chi connectivity index (χ3n) is 0.542. The van der Waals surface area contributed by atoms with E-state index in [0.717, 1.165) is 5.69 Å². The molecule has 1 rings (SSSR count). The van der Waals surface area contributed by atoms with Crippen molar-refractivity contribution >= 4 is 29.1 Å². The molecule has 1 aromatic rings. The van der Waals surface area contributed by atoms with E-state index in [1.54, 1.807) is 0 Å². The molecule has 7 heavy (non-hydrogen) atoms. The molecule has 0 N–H and O–H groups in total. The normalized spacial score (nSPS) is 8.57. The summed E-state index contributed by atoms with van der Waals surface area (Å²) in [4.78, 5) is 0. The predicted octanol–water partition coefficient (Wildman–Crippen LogP) is 1.37. The van der Waals surface area contributed by atoms with Gasteiger partial charge in [-0.3, -0.25) is 0 Å². The van der Waals surface area contributed by atoms with Gasteiger partial charge in [-0.15, -0.1) is 0 Å². The first-order valence-electron chi connectivity index (χ1n) is 1.72. The topological polar surface area (TPSA) is 12.9 Å². The first-order chi connectivity index (χ1) is 3.43. The number of nitrogens with zero attached hydrogens (tertiary/aromatic N) is 1. The van der Waals surface area contributed by atoms with Crippen molar-refractivity contribution in [3.8, 4) is 0 Å². The number of rotatable bonds is 1. The first kappa shape index (κ1) is 4.87. The van der Waals surface area contributed by atoms with Crippen LogP contribution in [0.5, 0.6) is 0 Å². The van der Waals surface area contributed by atoms with E-state index in [1.165, 1.54) is 11.5 Å². The van der Waals surface area contributed by atoms with Crippen LogP contribution >= 0.6 is 23.8 Å². The fraction of sp³-hybridized carbons (Fsp3) is 0. The van der Waals surface area contributed by atoms with Crippen molar-refractivity contribution in [3.05, 3.63) is 17.1 Å². The van der Waals surface area contributed by atoms with Gasteiger partial charge in [0.15, 0.2) is 0 Å². The van der Waals surface area contributed by atoms with Gasteiger partial charge in [0.25, 0.3) is 0 Å². The maximum Gasteiger partial charge on any atom is 0.0964 e. The van der Waals surface area contributed by atoms with E-state index in [9.17, 15) is 0 Å². The lowest BCUT2D eigenvalue weighted by Gasteiger charge is -1.66. The third kappa shape index (κ3) is 1.04. The monoisotopic (exact) mass is 128 g/mol. The molecule has 0 aliphatic rings. The summed E-state index contributed by atoms with van der Waals surface area (Å²) in [7, 11) is 0. The standard InChI is InChI=1S/C4H2NS2/c6-3-4-1-2-7-5-4/h1-2H. The van der Waals surface area contributed by atoms with E-state index >= 15 is 0 Å². The van der Waals surface area contributed by atoms with Crippen LogP contribution in [0.2, 0.25) is 0 Å². The van der Waals surface area contributed by atoms with Gasteiger partial charge in [-0.2, -0.15) is 4.37 Å². The summed E-state index contributed by atoms with van der Waals surface area (Å²) in [5, 5.41) is 4.36. The number of aromatic nitrogens is 1. The molecule has 0 spiro atoms. The summed E-state index contributed by atoms with van der Waals surface area (Å²) < 4.78 is 3.86. The van der Waals surface area contributed by atoms with Crippen LogP contribution < -0.4 is 0 Å². The van der Waals surface area contributed by atoms with E-state index in [2.05, 4.69) is 22.0 Å². The molecule has 0 saturated carbocycles. The van der Waals surface area contributed by atoms with Gasteiger partial charge >= 0.3 is 0 Å². The molecule has 1 heterocycles. The zero-order chi connectivity index (χ0) is 5.11. The Labute approximate surface area is 51.2 Å². The Balaban J connectivity index is 2.96. The van der Waals surface area contributed by atoms with Crippen LogP contribution in [-0.4, -0.2) is 9.74 Å². The van der Waals surface area contributed by atoms with E-state index in [4.69, 9.17) is 0 Å². The van der Waals surface area contributed by atoms with Crippen LogP contribution in [0.25, 0.3) is 0 Å². The average molecular weight is 128 g/mol. The molecule has 0 fully saturated rings. The lowest BCUT2D eigenvalue weighted by atomic mass is 10.5. The van der Waals surface area contributed by atoms with Crippen LogP contribution in [0, 0.1) is 0 Å². The highest BCUT2D eigenvalue weighted by molar-refractivity contribution is 7.79. The third-order valence-corrected chi connectivity index (χ3v) is 1.31. The quantitative estimate of drug-likeness (QED) is 0.530. The van der Waals surface area contributed by atoms with Crippen LogP contribution in [0.15, 0.2) is 11.4 Å². The summed E-state index contributed by atoms with van der Waals surface area (Å²) in [6.07, 6.45) is 0. The summed E-state index contributed by atoms with van der Waals surface area (Å²) in [5.41, 5.74) is 0.764. The fourth-order valence-corrected chi connectivity index (χ4v) is 0.907. The number of hydrogen-bond acceptors (Lipinski definition) is 3. The summed E-state index contributed by atoms with van der Waals surface area (Å²) in [5.74, 6) is 0. The molecule has 0 aliphatic carbocycles. The largest absolute Gasteiger partial charge is 0.192 e. The Kier molecular flexibility index (Phi) is 1.49. The molecule has 35 valence electrons. The highest BCUT2D eigenvalue weighted by Gasteiger charge is 1.83. The Bertz CT molecular complexity index is 145. The number of thiocarbonyl (C=S) groups is 1. The van der Waals surface area contributed by atoms with Crippen molar-refractivity contribution in [1.29, 1.82) is 0 Å². The molecule has 0 unspecified atom stereocenters. The van der Waals surface area contributed by atoms with Crippen LogP contribution in [0.4, 0.5) is 0 Å². The van der Waals surface area contributed by atoms with Gasteiger partial charge in [-0.1, -0.05) is 12.2 Å². The van der Waals surface area contributed by atoms with Gasteiger partial charge in [0.1, 0.15) is 0 Å². The molecule has 0 bridgehead atoms. The zero-order valence-corrected chi connectivity index (χ0v) is 5.05. The molecular formula is C4H2NS2. The summed E-state index contributed by atoms with van der Waals surface area (Å²) in [6.45, 7) is 0.